The van der Waals surface area contributed by atoms with Gasteiger partial charge in [0.25, 0.3) is 0 Å². The lowest BCUT2D eigenvalue weighted by Gasteiger charge is -2.13. The van der Waals surface area contributed by atoms with Crippen molar-refractivity contribution >= 4 is 60.5 Å². The summed E-state index contributed by atoms with van der Waals surface area (Å²) in [6.45, 7) is 4.30. The first kappa shape index (κ1) is 24.8. The number of hydrogen-bond donors (Lipinski definition) is 0. The van der Waals surface area contributed by atoms with Crippen LogP contribution in [0.25, 0.3) is 10.8 Å². The third-order valence-electron chi connectivity index (χ3n) is 6.57. The SMILES string of the molecule is Cc1ccc(/N=N/c2ccc(/N=N/c3ccc(/N=N/c4ccc(N5CCCC5)s4)c4ccccc34)cc2)cc1. The van der Waals surface area contributed by atoms with Gasteiger partial charge in [0, 0.05) is 23.9 Å². The summed E-state index contributed by atoms with van der Waals surface area (Å²) in [5.74, 6) is 0. The molecule has 192 valence electrons. The first-order valence-electron chi connectivity index (χ1n) is 13.0. The van der Waals surface area contributed by atoms with Crippen molar-refractivity contribution in [2.75, 3.05) is 18.0 Å². The summed E-state index contributed by atoms with van der Waals surface area (Å²) in [7, 11) is 0. The number of hydrogen-bond acceptors (Lipinski definition) is 8. The number of benzene rings is 4. The lowest BCUT2D eigenvalue weighted by atomic mass is 10.1. The van der Waals surface area contributed by atoms with E-state index in [1.54, 1.807) is 11.3 Å². The van der Waals surface area contributed by atoms with E-state index in [0.29, 0.717) is 0 Å². The molecule has 1 fully saturated rings. The number of thiophene rings is 1. The van der Waals surface area contributed by atoms with Crippen LogP contribution in [-0.4, -0.2) is 13.1 Å². The Balaban J connectivity index is 1.18. The van der Waals surface area contributed by atoms with Crippen LogP contribution in [0.2, 0.25) is 0 Å². The van der Waals surface area contributed by atoms with E-state index in [9.17, 15) is 0 Å². The van der Waals surface area contributed by atoms with Gasteiger partial charge >= 0.3 is 0 Å². The van der Waals surface area contributed by atoms with Crippen LogP contribution in [0.5, 0.6) is 0 Å². The lowest BCUT2D eigenvalue weighted by molar-refractivity contribution is 0.949. The summed E-state index contributed by atoms with van der Waals surface area (Å²) >= 11 is 1.69. The molecular weight excluding hydrogens is 502 g/mol. The van der Waals surface area contributed by atoms with Crippen molar-refractivity contribution < 1.29 is 0 Å². The highest BCUT2D eigenvalue weighted by Crippen LogP contribution is 2.38. The summed E-state index contributed by atoms with van der Waals surface area (Å²) in [4.78, 5) is 2.42. The van der Waals surface area contributed by atoms with Gasteiger partial charge in [-0.15, -0.1) is 15.3 Å². The standard InChI is InChI=1S/C31H27N7S/c1-22-8-10-23(11-9-22)32-33-24-12-14-25(15-13-24)34-35-28-16-17-29(27-7-3-2-6-26(27)28)36-37-30-18-19-31(39-30)38-20-4-5-21-38/h2-3,6-19H,4-5,20-21H2,1H3/b33-32+,35-34+,37-36+. The Morgan fingerprint density at radius 2 is 1.05 bits per heavy atom. The molecule has 1 aromatic heterocycles. The van der Waals surface area contributed by atoms with Crippen molar-refractivity contribution in [3.63, 3.8) is 0 Å². The largest absolute Gasteiger partial charge is 0.363 e. The Kier molecular flexibility index (Phi) is 7.27. The Morgan fingerprint density at radius 1 is 0.538 bits per heavy atom. The number of aryl methyl sites for hydroxylation is 1. The summed E-state index contributed by atoms with van der Waals surface area (Å²) in [6, 6.07) is 31.6. The molecule has 1 aliphatic rings. The van der Waals surface area contributed by atoms with Crippen LogP contribution in [0.1, 0.15) is 18.4 Å². The normalized spacial score (nSPS) is 14.0. The summed E-state index contributed by atoms with van der Waals surface area (Å²) < 4.78 is 0. The molecule has 5 aromatic rings. The van der Waals surface area contributed by atoms with Crippen LogP contribution in [0.3, 0.4) is 0 Å². The van der Waals surface area contributed by atoms with Crippen LogP contribution in [0.4, 0.5) is 38.4 Å². The summed E-state index contributed by atoms with van der Waals surface area (Å²) in [5.41, 5.74) is 5.10. The molecule has 0 N–H and O–H groups in total. The van der Waals surface area contributed by atoms with Crippen LogP contribution in [0.15, 0.2) is 128 Å². The molecule has 0 amide bonds. The van der Waals surface area contributed by atoms with Crippen molar-refractivity contribution in [3.8, 4) is 0 Å². The minimum absolute atomic E-state index is 0.739. The second-order valence-electron chi connectivity index (χ2n) is 9.41. The summed E-state index contributed by atoms with van der Waals surface area (Å²) in [6.07, 6.45) is 2.52. The monoisotopic (exact) mass is 529 g/mol. The van der Waals surface area contributed by atoms with Gasteiger partial charge in [-0.3, -0.25) is 0 Å². The highest BCUT2D eigenvalue weighted by Gasteiger charge is 2.14. The smallest absolute Gasteiger partial charge is 0.140 e. The molecule has 8 heteroatoms. The maximum absolute atomic E-state index is 4.58. The van der Waals surface area contributed by atoms with E-state index in [1.165, 1.54) is 23.4 Å². The number of azo groups is 3. The Morgan fingerprint density at radius 3 is 1.64 bits per heavy atom. The molecule has 0 spiro atoms. The van der Waals surface area contributed by atoms with Gasteiger partial charge in [0.2, 0.25) is 0 Å². The van der Waals surface area contributed by atoms with E-state index in [4.69, 9.17) is 0 Å². The minimum Gasteiger partial charge on any atom is -0.363 e. The molecule has 4 aromatic carbocycles. The second-order valence-corrected chi connectivity index (χ2v) is 10.4. The van der Waals surface area contributed by atoms with Crippen LogP contribution in [0, 0.1) is 6.92 Å². The van der Waals surface area contributed by atoms with Gasteiger partial charge in [-0.2, -0.15) is 15.3 Å². The minimum atomic E-state index is 0.739. The maximum Gasteiger partial charge on any atom is 0.140 e. The average Bonchev–Trinajstić information content (AvgIpc) is 3.68. The molecular formula is C31H27N7S. The number of nitrogens with zero attached hydrogens (tertiary/aromatic N) is 7. The van der Waals surface area contributed by atoms with Gasteiger partial charge in [0.05, 0.1) is 33.4 Å². The van der Waals surface area contributed by atoms with E-state index in [1.807, 2.05) is 97.9 Å². The van der Waals surface area contributed by atoms with Gasteiger partial charge in [0.15, 0.2) is 0 Å². The van der Waals surface area contributed by atoms with Crippen molar-refractivity contribution in [3.05, 3.63) is 103 Å². The van der Waals surface area contributed by atoms with Gasteiger partial charge in [-0.05, 0) is 80.4 Å². The van der Waals surface area contributed by atoms with Gasteiger partial charge in [0.1, 0.15) is 5.00 Å². The second kappa shape index (κ2) is 11.4. The molecule has 6 rings (SSSR count). The number of fused-ring (bicyclic) bond motifs is 1. The van der Waals surface area contributed by atoms with E-state index >= 15 is 0 Å². The lowest BCUT2D eigenvalue weighted by Crippen LogP contribution is -2.15. The van der Waals surface area contributed by atoms with Crippen molar-refractivity contribution in [1.29, 1.82) is 0 Å². The fourth-order valence-electron chi connectivity index (χ4n) is 4.45. The zero-order chi connectivity index (χ0) is 26.4. The topological polar surface area (TPSA) is 77.4 Å². The maximum atomic E-state index is 4.58. The first-order chi connectivity index (χ1) is 19.2. The molecule has 0 atom stereocenters. The van der Waals surface area contributed by atoms with E-state index in [2.05, 4.69) is 41.7 Å². The van der Waals surface area contributed by atoms with E-state index in [-0.39, 0.29) is 0 Å². The molecule has 0 aliphatic carbocycles. The molecule has 1 aliphatic heterocycles. The zero-order valence-corrected chi connectivity index (χ0v) is 22.4. The highest BCUT2D eigenvalue weighted by atomic mass is 32.1. The van der Waals surface area contributed by atoms with Gasteiger partial charge < -0.3 is 4.90 Å². The molecule has 1 saturated heterocycles. The Labute approximate surface area is 231 Å². The molecule has 2 heterocycles. The molecule has 0 unspecified atom stereocenters. The van der Waals surface area contributed by atoms with Crippen molar-refractivity contribution in [2.45, 2.75) is 19.8 Å². The Hall–Kier alpha value is -4.56. The molecule has 0 radical (unpaired) electrons. The molecule has 0 saturated carbocycles. The fraction of sp³-hybridized carbons (Fsp3) is 0.161. The fourth-order valence-corrected chi connectivity index (χ4v) is 5.33. The van der Waals surface area contributed by atoms with Gasteiger partial charge in [-0.25, -0.2) is 0 Å². The van der Waals surface area contributed by atoms with E-state index < -0.39 is 0 Å². The first-order valence-corrected chi connectivity index (χ1v) is 13.8. The third-order valence-corrected chi connectivity index (χ3v) is 7.60. The predicted octanol–water partition coefficient (Wildman–Crippen LogP) is 11.1. The average molecular weight is 530 g/mol. The highest BCUT2D eigenvalue weighted by molar-refractivity contribution is 7.19. The Bertz CT molecular complexity index is 1660. The molecule has 39 heavy (non-hydrogen) atoms. The quantitative estimate of drug-likeness (QED) is 0.193. The molecule has 7 nitrogen and oxygen atoms in total. The summed E-state index contributed by atoms with van der Waals surface area (Å²) in [5, 5.41) is 30.8. The van der Waals surface area contributed by atoms with Crippen molar-refractivity contribution in [2.24, 2.45) is 30.7 Å². The van der Waals surface area contributed by atoms with Crippen molar-refractivity contribution in [1.82, 2.24) is 0 Å². The van der Waals surface area contributed by atoms with E-state index in [0.717, 1.165) is 57.3 Å². The van der Waals surface area contributed by atoms with Crippen LogP contribution >= 0.6 is 11.3 Å². The molecule has 0 bridgehead atoms. The predicted molar refractivity (Wildman–Crippen MR) is 160 cm³/mol. The number of rotatable bonds is 7. The zero-order valence-electron chi connectivity index (χ0n) is 21.6. The number of anilines is 1. The van der Waals surface area contributed by atoms with Crippen LogP contribution in [-0.2, 0) is 0 Å². The van der Waals surface area contributed by atoms with Gasteiger partial charge in [-0.1, -0.05) is 53.3 Å². The third kappa shape index (κ3) is 5.97. The van der Waals surface area contributed by atoms with Crippen LogP contribution < -0.4 is 4.90 Å².